The SMILES string of the molecule is CC1SCC(C(O)C2CC(C)(C)OC2(C)C)SC1C. The minimum absolute atomic E-state index is 0.111. The van der Waals surface area contributed by atoms with Gasteiger partial charge in [0, 0.05) is 27.4 Å². The Labute approximate surface area is 126 Å². The lowest BCUT2D eigenvalue weighted by Gasteiger charge is -2.38. The van der Waals surface area contributed by atoms with E-state index in [9.17, 15) is 5.11 Å². The molecule has 5 atom stereocenters. The molecule has 4 heteroatoms. The van der Waals surface area contributed by atoms with Crippen LogP contribution in [0, 0.1) is 5.92 Å². The number of ether oxygens (including phenoxy) is 1. The van der Waals surface area contributed by atoms with E-state index in [1.165, 1.54) is 0 Å². The van der Waals surface area contributed by atoms with Gasteiger partial charge in [-0.1, -0.05) is 13.8 Å². The lowest BCUT2D eigenvalue weighted by atomic mass is 9.82. The molecule has 5 unspecified atom stereocenters. The fourth-order valence-corrected chi connectivity index (χ4v) is 6.45. The molecular formula is C15H28O2S2. The van der Waals surface area contributed by atoms with Crippen LogP contribution in [-0.4, -0.2) is 43.9 Å². The highest BCUT2D eigenvalue weighted by Gasteiger charge is 2.51. The summed E-state index contributed by atoms with van der Waals surface area (Å²) < 4.78 is 6.13. The Balaban J connectivity index is 2.05. The van der Waals surface area contributed by atoms with Crippen molar-refractivity contribution in [3.05, 3.63) is 0 Å². The summed E-state index contributed by atoms with van der Waals surface area (Å²) in [7, 11) is 0. The van der Waals surface area contributed by atoms with Gasteiger partial charge in [0.25, 0.3) is 0 Å². The Morgan fingerprint density at radius 3 is 2.26 bits per heavy atom. The summed E-state index contributed by atoms with van der Waals surface area (Å²) in [5.41, 5.74) is -0.332. The van der Waals surface area contributed by atoms with Crippen molar-refractivity contribution >= 4 is 23.5 Å². The molecule has 0 amide bonds. The van der Waals surface area contributed by atoms with Crippen LogP contribution in [0.15, 0.2) is 0 Å². The van der Waals surface area contributed by atoms with E-state index in [0.717, 1.165) is 12.2 Å². The van der Waals surface area contributed by atoms with E-state index < -0.39 is 0 Å². The van der Waals surface area contributed by atoms with Gasteiger partial charge in [0.1, 0.15) is 0 Å². The van der Waals surface area contributed by atoms with Gasteiger partial charge >= 0.3 is 0 Å². The van der Waals surface area contributed by atoms with Crippen LogP contribution in [0.5, 0.6) is 0 Å². The average molecular weight is 305 g/mol. The first kappa shape index (κ1) is 16.0. The van der Waals surface area contributed by atoms with Crippen molar-refractivity contribution in [3.8, 4) is 0 Å². The zero-order valence-corrected chi connectivity index (χ0v) is 14.6. The Kier molecular flexibility index (Phi) is 4.57. The second kappa shape index (κ2) is 5.43. The Bertz CT molecular complexity index is 330. The van der Waals surface area contributed by atoms with Crippen molar-refractivity contribution in [2.24, 2.45) is 5.92 Å². The fourth-order valence-electron chi connectivity index (χ4n) is 3.38. The first-order chi connectivity index (χ1) is 8.62. The van der Waals surface area contributed by atoms with Crippen molar-refractivity contribution in [2.75, 3.05) is 5.75 Å². The van der Waals surface area contributed by atoms with E-state index in [1.807, 2.05) is 23.5 Å². The molecule has 2 nitrogen and oxygen atoms in total. The highest BCUT2D eigenvalue weighted by molar-refractivity contribution is 8.07. The van der Waals surface area contributed by atoms with Gasteiger partial charge in [0.05, 0.1) is 17.3 Å². The summed E-state index contributed by atoms with van der Waals surface area (Å²) in [4.78, 5) is 0. The van der Waals surface area contributed by atoms with Crippen LogP contribution in [0.1, 0.15) is 48.0 Å². The topological polar surface area (TPSA) is 29.5 Å². The van der Waals surface area contributed by atoms with Gasteiger partial charge in [0.15, 0.2) is 0 Å². The van der Waals surface area contributed by atoms with E-state index in [4.69, 9.17) is 4.74 Å². The maximum absolute atomic E-state index is 10.8. The van der Waals surface area contributed by atoms with Crippen LogP contribution < -0.4 is 0 Å². The van der Waals surface area contributed by atoms with E-state index in [1.54, 1.807) is 0 Å². The fraction of sp³-hybridized carbons (Fsp3) is 1.00. The Morgan fingerprint density at radius 2 is 1.79 bits per heavy atom. The van der Waals surface area contributed by atoms with Crippen molar-refractivity contribution in [1.82, 2.24) is 0 Å². The third-order valence-corrected chi connectivity index (χ3v) is 8.01. The Morgan fingerprint density at radius 1 is 1.16 bits per heavy atom. The highest BCUT2D eigenvalue weighted by Crippen LogP contribution is 2.47. The van der Waals surface area contributed by atoms with Gasteiger partial charge in [0.2, 0.25) is 0 Å². The van der Waals surface area contributed by atoms with Crippen molar-refractivity contribution in [3.63, 3.8) is 0 Å². The molecule has 2 heterocycles. The second-order valence-electron chi connectivity index (χ2n) is 7.18. The van der Waals surface area contributed by atoms with Gasteiger partial charge in [-0.05, 0) is 34.1 Å². The Hall–Kier alpha value is 0.620. The molecular weight excluding hydrogens is 276 g/mol. The molecule has 0 aliphatic carbocycles. The summed E-state index contributed by atoms with van der Waals surface area (Å²) in [6, 6.07) is 0. The van der Waals surface area contributed by atoms with Crippen LogP contribution in [0.25, 0.3) is 0 Å². The minimum atomic E-state index is -0.260. The summed E-state index contributed by atoms with van der Waals surface area (Å²) in [6.07, 6.45) is 0.691. The molecule has 1 N–H and O–H groups in total. The number of aliphatic hydroxyl groups is 1. The van der Waals surface area contributed by atoms with Crippen LogP contribution in [0.2, 0.25) is 0 Å². The molecule has 0 radical (unpaired) electrons. The van der Waals surface area contributed by atoms with Gasteiger partial charge in [-0.3, -0.25) is 0 Å². The minimum Gasteiger partial charge on any atom is -0.392 e. The molecule has 0 bridgehead atoms. The zero-order chi connectivity index (χ0) is 14.4. The maximum Gasteiger partial charge on any atom is 0.0723 e. The summed E-state index contributed by atoms with van der Waals surface area (Å²) >= 11 is 3.96. The summed E-state index contributed by atoms with van der Waals surface area (Å²) in [5.74, 6) is 1.30. The third-order valence-electron chi connectivity index (χ3n) is 4.51. The zero-order valence-electron chi connectivity index (χ0n) is 13.0. The number of aliphatic hydroxyl groups excluding tert-OH is 1. The first-order valence-electron chi connectivity index (χ1n) is 7.28. The lowest BCUT2D eigenvalue weighted by Crippen LogP contribution is -2.44. The monoisotopic (exact) mass is 304 g/mol. The number of thioether (sulfide) groups is 2. The second-order valence-corrected chi connectivity index (χ2v) is 10.2. The summed E-state index contributed by atoms with van der Waals surface area (Å²) in [5, 5.41) is 12.5. The molecule has 2 aliphatic heterocycles. The van der Waals surface area contributed by atoms with E-state index in [-0.39, 0.29) is 23.2 Å². The highest BCUT2D eigenvalue weighted by atomic mass is 32.2. The van der Waals surface area contributed by atoms with Crippen molar-refractivity contribution in [1.29, 1.82) is 0 Å². The normalized spacial score (nSPS) is 43.1. The lowest BCUT2D eigenvalue weighted by molar-refractivity contribution is -0.0871. The largest absolute Gasteiger partial charge is 0.392 e. The number of hydrogen-bond donors (Lipinski definition) is 1. The van der Waals surface area contributed by atoms with Gasteiger partial charge in [-0.25, -0.2) is 0 Å². The molecule has 0 aromatic heterocycles. The molecule has 2 aliphatic rings. The quantitative estimate of drug-likeness (QED) is 0.844. The molecule has 112 valence electrons. The standard InChI is InChI=1S/C15H28O2S2/c1-9-10(2)19-12(8-18-9)13(16)11-7-14(3,4)17-15(11,5)6/h9-13,16H,7-8H2,1-6H3. The number of rotatable bonds is 2. The summed E-state index contributed by atoms with van der Waals surface area (Å²) in [6.45, 7) is 13.1. The van der Waals surface area contributed by atoms with Gasteiger partial charge in [-0.2, -0.15) is 23.5 Å². The van der Waals surface area contributed by atoms with Gasteiger partial charge < -0.3 is 9.84 Å². The van der Waals surface area contributed by atoms with Gasteiger partial charge in [-0.15, -0.1) is 0 Å². The van der Waals surface area contributed by atoms with Crippen LogP contribution in [-0.2, 0) is 4.74 Å². The number of hydrogen-bond acceptors (Lipinski definition) is 4. The van der Waals surface area contributed by atoms with Crippen molar-refractivity contribution in [2.45, 2.75) is 81.0 Å². The smallest absolute Gasteiger partial charge is 0.0723 e. The average Bonchev–Trinajstić information content (AvgIpc) is 2.49. The maximum atomic E-state index is 10.8. The van der Waals surface area contributed by atoms with Crippen LogP contribution >= 0.6 is 23.5 Å². The molecule has 0 saturated carbocycles. The third kappa shape index (κ3) is 3.45. The van der Waals surface area contributed by atoms with E-state index in [2.05, 4.69) is 41.5 Å². The molecule has 0 aromatic carbocycles. The first-order valence-corrected chi connectivity index (χ1v) is 9.27. The molecule has 2 rings (SSSR count). The van der Waals surface area contributed by atoms with Crippen LogP contribution in [0.4, 0.5) is 0 Å². The predicted molar refractivity (Wildman–Crippen MR) is 86.1 cm³/mol. The van der Waals surface area contributed by atoms with E-state index in [0.29, 0.717) is 15.7 Å². The van der Waals surface area contributed by atoms with E-state index >= 15 is 0 Å². The molecule has 0 aromatic rings. The molecule has 19 heavy (non-hydrogen) atoms. The molecule has 2 fully saturated rings. The molecule has 0 spiro atoms. The predicted octanol–water partition coefficient (Wildman–Crippen LogP) is 3.57. The van der Waals surface area contributed by atoms with Crippen LogP contribution in [0.3, 0.4) is 0 Å². The van der Waals surface area contributed by atoms with Crippen molar-refractivity contribution < 1.29 is 9.84 Å². The molecule has 2 saturated heterocycles.